The van der Waals surface area contributed by atoms with E-state index in [9.17, 15) is 9.90 Å². The van der Waals surface area contributed by atoms with Crippen molar-refractivity contribution in [2.75, 3.05) is 7.11 Å². The average molecular weight is 245 g/mol. The van der Waals surface area contributed by atoms with Crippen LogP contribution in [0.4, 0.5) is 0 Å². The summed E-state index contributed by atoms with van der Waals surface area (Å²) in [5, 5.41) is 15.0. The number of benzene rings is 1. The largest absolute Gasteiger partial charge is 0.545 e. The fraction of sp³-hybridized carbons (Fsp3) is 0.231. The van der Waals surface area contributed by atoms with Crippen LogP contribution in [-0.4, -0.2) is 22.9 Å². The van der Waals surface area contributed by atoms with Gasteiger partial charge < -0.3 is 14.6 Å². The lowest BCUT2D eigenvalue weighted by atomic mass is 10.1. The van der Waals surface area contributed by atoms with Crippen molar-refractivity contribution in [3.8, 4) is 5.75 Å². The van der Waals surface area contributed by atoms with Gasteiger partial charge in [-0.3, -0.25) is 4.68 Å². The van der Waals surface area contributed by atoms with Crippen molar-refractivity contribution >= 4 is 5.97 Å². The zero-order valence-corrected chi connectivity index (χ0v) is 10.2. The van der Waals surface area contributed by atoms with Crippen molar-refractivity contribution in [1.82, 2.24) is 9.78 Å². The van der Waals surface area contributed by atoms with E-state index in [1.807, 2.05) is 13.1 Å². The molecule has 0 N–H and O–H groups in total. The molecule has 1 heterocycles. The Hall–Kier alpha value is -2.30. The number of carbonyl (C=O) groups is 1. The zero-order valence-electron chi connectivity index (χ0n) is 10.2. The molecule has 94 valence electrons. The highest BCUT2D eigenvalue weighted by atomic mass is 16.5. The molecule has 0 aliphatic carbocycles. The van der Waals surface area contributed by atoms with E-state index in [0.29, 0.717) is 12.3 Å². The van der Waals surface area contributed by atoms with Crippen molar-refractivity contribution in [2.24, 2.45) is 0 Å². The summed E-state index contributed by atoms with van der Waals surface area (Å²) in [5.74, 6) is -0.566. The summed E-state index contributed by atoms with van der Waals surface area (Å²) in [5.41, 5.74) is 1.93. The van der Waals surface area contributed by atoms with Crippen LogP contribution in [0.2, 0.25) is 0 Å². The van der Waals surface area contributed by atoms with Crippen molar-refractivity contribution in [3.63, 3.8) is 0 Å². The standard InChI is InChI=1S/C13H14N2O3/c1-9-6-14-15(7-9)8-11-5-10(13(16)17)3-4-12(11)18-2/h3-7H,8H2,1-2H3,(H,16,17)/p-1. The van der Waals surface area contributed by atoms with Crippen LogP contribution in [0.15, 0.2) is 30.6 Å². The molecule has 1 aromatic heterocycles. The quantitative estimate of drug-likeness (QED) is 0.791. The molecule has 0 bridgehead atoms. The number of rotatable bonds is 4. The number of aromatic nitrogens is 2. The van der Waals surface area contributed by atoms with Gasteiger partial charge in [-0.15, -0.1) is 0 Å². The lowest BCUT2D eigenvalue weighted by Crippen LogP contribution is -2.22. The number of carbonyl (C=O) groups excluding carboxylic acids is 1. The van der Waals surface area contributed by atoms with Gasteiger partial charge in [0.2, 0.25) is 0 Å². The highest BCUT2D eigenvalue weighted by Crippen LogP contribution is 2.20. The molecule has 0 unspecified atom stereocenters. The van der Waals surface area contributed by atoms with Gasteiger partial charge in [0.1, 0.15) is 5.75 Å². The number of methoxy groups -OCH3 is 1. The minimum atomic E-state index is -1.20. The van der Waals surface area contributed by atoms with E-state index >= 15 is 0 Å². The molecule has 0 aliphatic heterocycles. The van der Waals surface area contributed by atoms with Gasteiger partial charge in [-0.05, 0) is 36.2 Å². The molecule has 0 saturated carbocycles. The van der Waals surface area contributed by atoms with Gasteiger partial charge in [0.05, 0.1) is 25.8 Å². The molecule has 0 saturated heterocycles. The number of nitrogens with zero attached hydrogens (tertiary/aromatic N) is 2. The SMILES string of the molecule is COc1ccc(C(=O)[O-])cc1Cn1cc(C)cn1. The van der Waals surface area contributed by atoms with E-state index in [1.165, 1.54) is 6.07 Å². The van der Waals surface area contributed by atoms with Crippen LogP contribution < -0.4 is 9.84 Å². The maximum atomic E-state index is 10.8. The minimum Gasteiger partial charge on any atom is -0.545 e. The Morgan fingerprint density at radius 2 is 2.28 bits per heavy atom. The highest BCUT2D eigenvalue weighted by Gasteiger charge is 2.06. The van der Waals surface area contributed by atoms with Gasteiger partial charge in [-0.25, -0.2) is 0 Å². The lowest BCUT2D eigenvalue weighted by Gasteiger charge is -2.11. The predicted octanol–water partition coefficient (Wildman–Crippen LogP) is 0.612. The van der Waals surface area contributed by atoms with Gasteiger partial charge in [0.15, 0.2) is 0 Å². The predicted molar refractivity (Wildman–Crippen MR) is 63.4 cm³/mol. The Bertz CT molecular complexity index is 575. The van der Waals surface area contributed by atoms with Gasteiger partial charge in [-0.2, -0.15) is 5.10 Å². The lowest BCUT2D eigenvalue weighted by molar-refractivity contribution is -0.255. The van der Waals surface area contributed by atoms with E-state index < -0.39 is 5.97 Å². The molecule has 0 radical (unpaired) electrons. The summed E-state index contributed by atoms with van der Waals surface area (Å²) in [6.07, 6.45) is 3.63. The normalized spacial score (nSPS) is 10.3. The van der Waals surface area contributed by atoms with Crippen LogP contribution in [-0.2, 0) is 6.54 Å². The minimum absolute atomic E-state index is 0.134. The zero-order chi connectivity index (χ0) is 13.1. The first-order valence-electron chi connectivity index (χ1n) is 5.47. The third kappa shape index (κ3) is 2.51. The second-order valence-corrected chi connectivity index (χ2v) is 4.03. The van der Waals surface area contributed by atoms with Gasteiger partial charge in [-0.1, -0.05) is 0 Å². The number of aromatic carboxylic acids is 1. The second-order valence-electron chi connectivity index (χ2n) is 4.03. The Morgan fingerprint density at radius 3 is 2.83 bits per heavy atom. The molecule has 5 heteroatoms. The summed E-state index contributed by atoms with van der Waals surface area (Å²) in [4.78, 5) is 10.8. The molecule has 0 amide bonds. The van der Waals surface area contributed by atoms with Crippen LogP contribution in [0.5, 0.6) is 5.75 Å². The molecular formula is C13H13N2O3-. The summed E-state index contributed by atoms with van der Waals surface area (Å²) >= 11 is 0. The number of carboxylic acids is 1. The first kappa shape index (κ1) is 12.2. The van der Waals surface area contributed by atoms with Crippen LogP contribution >= 0.6 is 0 Å². The monoisotopic (exact) mass is 245 g/mol. The van der Waals surface area contributed by atoms with Crippen LogP contribution in [0.1, 0.15) is 21.5 Å². The van der Waals surface area contributed by atoms with Crippen LogP contribution in [0.25, 0.3) is 0 Å². The van der Waals surface area contributed by atoms with E-state index in [0.717, 1.165) is 11.1 Å². The van der Waals surface area contributed by atoms with Crippen molar-refractivity contribution < 1.29 is 14.6 Å². The summed E-state index contributed by atoms with van der Waals surface area (Å²) in [6.45, 7) is 2.40. The molecule has 2 aromatic rings. The highest BCUT2D eigenvalue weighted by molar-refractivity contribution is 5.86. The topological polar surface area (TPSA) is 67.2 Å². The molecule has 5 nitrogen and oxygen atoms in total. The molecule has 1 aromatic carbocycles. The fourth-order valence-corrected chi connectivity index (χ4v) is 1.76. The Morgan fingerprint density at radius 1 is 1.50 bits per heavy atom. The van der Waals surface area contributed by atoms with Crippen molar-refractivity contribution in [3.05, 3.63) is 47.3 Å². The average Bonchev–Trinajstić information content (AvgIpc) is 2.74. The number of hydrogen-bond acceptors (Lipinski definition) is 4. The van der Waals surface area contributed by atoms with Crippen molar-refractivity contribution in [1.29, 1.82) is 0 Å². The third-order valence-electron chi connectivity index (χ3n) is 2.61. The molecule has 18 heavy (non-hydrogen) atoms. The van der Waals surface area contributed by atoms with Crippen molar-refractivity contribution in [2.45, 2.75) is 13.5 Å². The molecular weight excluding hydrogens is 232 g/mol. The Kier molecular flexibility index (Phi) is 3.32. The molecule has 0 atom stereocenters. The summed E-state index contributed by atoms with van der Waals surface area (Å²) in [7, 11) is 1.55. The summed E-state index contributed by atoms with van der Waals surface area (Å²) < 4.78 is 6.93. The van der Waals surface area contributed by atoms with Gasteiger partial charge >= 0.3 is 0 Å². The molecule has 0 spiro atoms. The fourth-order valence-electron chi connectivity index (χ4n) is 1.76. The number of ether oxygens (including phenoxy) is 1. The Balaban J connectivity index is 2.35. The molecule has 0 aliphatic rings. The maximum Gasteiger partial charge on any atom is 0.123 e. The maximum absolute atomic E-state index is 10.8. The third-order valence-corrected chi connectivity index (χ3v) is 2.61. The molecule has 0 fully saturated rings. The first-order chi connectivity index (χ1) is 8.60. The smallest absolute Gasteiger partial charge is 0.123 e. The van der Waals surface area contributed by atoms with Gasteiger partial charge in [0, 0.05) is 11.8 Å². The van der Waals surface area contributed by atoms with Crippen LogP contribution in [0, 0.1) is 6.92 Å². The Labute approximate surface area is 105 Å². The summed E-state index contributed by atoms with van der Waals surface area (Å²) in [6, 6.07) is 4.63. The van der Waals surface area contributed by atoms with Gasteiger partial charge in [0.25, 0.3) is 0 Å². The first-order valence-corrected chi connectivity index (χ1v) is 5.47. The van der Waals surface area contributed by atoms with E-state index in [-0.39, 0.29) is 5.56 Å². The van der Waals surface area contributed by atoms with E-state index in [2.05, 4.69) is 5.10 Å². The van der Waals surface area contributed by atoms with E-state index in [1.54, 1.807) is 30.1 Å². The van der Waals surface area contributed by atoms with E-state index in [4.69, 9.17) is 4.74 Å². The number of aryl methyl sites for hydroxylation is 1. The second kappa shape index (κ2) is 4.91. The van der Waals surface area contributed by atoms with Crippen LogP contribution in [0.3, 0.4) is 0 Å². The number of carboxylic acid groups (broad SMARTS) is 1. The number of hydrogen-bond donors (Lipinski definition) is 0. The molecule has 2 rings (SSSR count).